The predicted octanol–water partition coefficient (Wildman–Crippen LogP) is 2.46. The number of hydrogen-bond donors (Lipinski definition) is 1. The summed E-state index contributed by atoms with van der Waals surface area (Å²) in [7, 11) is 0. The number of hydrogen-bond acceptors (Lipinski definition) is 3. The average molecular weight is 280 g/mol. The molecule has 1 aliphatic heterocycles. The number of carbonyl (C=O) groups excluding carboxylic acids is 2. The second kappa shape index (κ2) is 5.47. The van der Waals surface area contributed by atoms with Gasteiger partial charge < -0.3 is 5.73 Å². The Morgan fingerprint density at radius 2 is 1.90 bits per heavy atom. The zero-order valence-electron chi connectivity index (χ0n) is 13.1. The summed E-state index contributed by atoms with van der Waals surface area (Å²) in [5, 5.41) is 0. The molecule has 1 saturated heterocycles. The molecule has 1 saturated carbocycles. The van der Waals surface area contributed by atoms with Crippen LogP contribution in [0.15, 0.2) is 0 Å². The Kier molecular flexibility index (Phi) is 4.24. The summed E-state index contributed by atoms with van der Waals surface area (Å²) in [6, 6.07) is 0. The largest absolute Gasteiger partial charge is 0.328 e. The molecule has 0 aromatic heterocycles. The Hall–Kier alpha value is -0.900. The standard InChI is InChI=1S/C16H28N2O2/c1-4-15(5-2)10-13(19)18(14(15)20)16(11-17)9-7-6-8-12(16)3/h12H,4-11,17H2,1-3H3. The Labute approximate surface area is 122 Å². The van der Waals surface area contributed by atoms with E-state index in [-0.39, 0.29) is 11.8 Å². The number of likely N-dealkylation sites (tertiary alicyclic amines) is 1. The summed E-state index contributed by atoms with van der Waals surface area (Å²) < 4.78 is 0. The van der Waals surface area contributed by atoms with Gasteiger partial charge in [-0.05, 0) is 31.6 Å². The Bertz CT molecular complexity index is 403. The molecule has 2 atom stereocenters. The van der Waals surface area contributed by atoms with Gasteiger partial charge in [0.2, 0.25) is 11.8 Å². The first-order chi connectivity index (χ1) is 9.47. The van der Waals surface area contributed by atoms with E-state index in [9.17, 15) is 9.59 Å². The maximum Gasteiger partial charge on any atom is 0.236 e. The lowest BCUT2D eigenvalue weighted by Crippen LogP contribution is -2.61. The van der Waals surface area contributed by atoms with Gasteiger partial charge in [-0.1, -0.05) is 33.6 Å². The van der Waals surface area contributed by atoms with Gasteiger partial charge in [-0.15, -0.1) is 0 Å². The van der Waals surface area contributed by atoms with Crippen molar-refractivity contribution in [3.8, 4) is 0 Å². The van der Waals surface area contributed by atoms with E-state index in [1.807, 2.05) is 13.8 Å². The predicted molar refractivity (Wildman–Crippen MR) is 78.9 cm³/mol. The monoisotopic (exact) mass is 280 g/mol. The molecule has 2 N–H and O–H groups in total. The van der Waals surface area contributed by atoms with Crippen molar-refractivity contribution in [1.29, 1.82) is 0 Å². The molecule has 114 valence electrons. The third kappa shape index (κ3) is 2.00. The van der Waals surface area contributed by atoms with Crippen LogP contribution in [0.2, 0.25) is 0 Å². The molecule has 0 spiro atoms. The molecule has 2 rings (SSSR count). The molecule has 1 aliphatic carbocycles. The van der Waals surface area contributed by atoms with Crippen molar-refractivity contribution in [1.82, 2.24) is 4.90 Å². The number of rotatable bonds is 4. The Morgan fingerprint density at radius 1 is 1.25 bits per heavy atom. The first-order valence-electron chi connectivity index (χ1n) is 8.05. The molecule has 4 heteroatoms. The van der Waals surface area contributed by atoms with Crippen LogP contribution in [0, 0.1) is 11.3 Å². The first-order valence-corrected chi connectivity index (χ1v) is 8.05. The number of imide groups is 1. The molecule has 2 unspecified atom stereocenters. The van der Waals surface area contributed by atoms with Crippen molar-refractivity contribution >= 4 is 11.8 Å². The second-order valence-electron chi connectivity index (χ2n) is 6.65. The molecule has 2 aliphatic rings. The van der Waals surface area contributed by atoms with Gasteiger partial charge in [0.25, 0.3) is 0 Å². The van der Waals surface area contributed by atoms with E-state index in [0.717, 1.165) is 32.1 Å². The maximum absolute atomic E-state index is 13.0. The summed E-state index contributed by atoms with van der Waals surface area (Å²) in [4.78, 5) is 27.1. The molecule has 0 aromatic rings. The van der Waals surface area contributed by atoms with Gasteiger partial charge in [0, 0.05) is 13.0 Å². The van der Waals surface area contributed by atoms with Crippen LogP contribution in [-0.4, -0.2) is 28.8 Å². The molecule has 2 amide bonds. The maximum atomic E-state index is 13.0. The van der Waals surface area contributed by atoms with E-state index in [4.69, 9.17) is 5.73 Å². The minimum atomic E-state index is -0.476. The fraction of sp³-hybridized carbons (Fsp3) is 0.875. The molecule has 0 aromatic carbocycles. The van der Waals surface area contributed by atoms with Crippen LogP contribution in [0.5, 0.6) is 0 Å². The Morgan fingerprint density at radius 3 is 2.35 bits per heavy atom. The zero-order chi connectivity index (χ0) is 15.0. The highest BCUT2D eigenvalue weighted by atomic mass is 16.2. The minimum Gasteiger partial charge on any atom is -0.328 e. The quantitative estimate of drug-likeness (QED) is 0.805. The van der Waals surface area contributed by atoms with Crippen molar-refractivity contribution in [2.75, 3.05) is 6.54 Å². The first kappa shape index (κ1) is 15.5. The third-order valence-corrected chi connectivity index (χ3v) is 5.96. The van der Waals surface area contributed by atoms with Crippen molar-refractivity contribution < 1.29 is 9.59 Å². The van der Waals surface area contributed by atoms with Crippen LogP contribution < -0.4 is 5.73 Å². The summed E-state index contributed by atoms with van der Waals surface area (Å²) in [5.41, 5.74) is 5.15. The lowest BCUT2D eigenvalue weighted by molar-refractivity contribution is -0.152. The summed E-state index contributed by atoms with van der Waals surface area (Å²) in [6.07, 6.45) is 5.99. The van der Waals surface area contributed by atoms with Gasteiger partial charge in [0.1, 0.15) is 0 Å². The van der Waals surface area contributed by atoms with Crippen LogP contribution in [0.25, 0.3) is 0 Å². The highest BCUT2D eigenvalue weighted by molar-refractivity contribution is 6.06. The van der Waals surface area contributed by atoms with Gasteiger partial charge in [0.05, 0.1) is 11.0 Å². The Balaban J connectivity index is 2.40. The van der Waals surface area contributed by atoms with Crippen molar-refractivity contribution in [2.45, 2.75) is 71.3 Å². The molecule has 20 heavy (non-hydrogen) atoms. The van der Waals surface area contributed by atoms with E-state index < -0.39 is 11.0 Å². The summed E-state index contributed by atoms with van der Waals surface area (Å²) in [6.45, 7) is 6.56. The lowest BCUT2D eigenvalue weighted by Gasteiger charge is -2.48. The van der Waals surface area contributed by atoms with E-state index in [1.165, 1.54) is 6.42 Å². The van der Waals surface area contributed by atoms with Crippen LogP contribution >= 0.6 is 0 Å². The van der Waals surface area contributed by atoms with Gasteiger partial charge >= 0.3 is 0 Å². The van der Waals surface area contributed by atoms with Crippen molar-refractivity contribution in [3.05, 3.63) is 0 Å². The lowest BCUT2D eigenvalue weighted by atomic mass is 9.72. The fourth-order valence-corrected chi connectivity index (χ4v) is 4.17. The van der Waals surface area contributed by atoms with Gasteiger partial charge in [-0.3, -0.25) is 14.5 Å². The van der Waals surface area contributed by atoms with Crippen molar-refractivity contribution in [2.24, 2.45) is 17.1 Å². The minimum absolute atomic E-state index is 0.00194. The number of nitrogens with two attached hydrogens (primary N) is 1. The van der Waals surface area contributed by atoms with Crippen LogP contribution in [0.1, 0.15) is 65.7 Å². The molecule has 0 bridgehead atoms. The van der Waals surface area contributed by atoms with E-state index in [0.29, 0.717) is 18.9 Å². The molecule has 2 fully saturated rings. The molecular weight excluding hydrogens is 252 g/mol. The van der Waals surface area contributed by atoms with Crippen LogP contribution in [0.4, 0.5) is 0 Å². The normalized spacial score (nSPS) is 33.8. The molecule has 0 radical (unpaired) electrons. The van der Waals surface area contributed by atoms with Crippen LogP contribution in [-0.2, 0) is 9.59 Å². The SMILES string of the molecule is CCC1(CC)CC(=O)N(C2(CN)CCCCC2C)C1=O. The summed E-state index contributed by atoms with van der Waals surface area (Å²) in [5.74, 6) is 0.336. The average Bonchev–Trinajstić information content (AvgIpc) is 2.72. The highest BCUT2D eigenvalue weighted by Crippen LogP contribution is 2.47. The topological polar surface area (TPSA) is 63.4 Å². The number of amides is 2. The van der Waals surface area contributed by atoms with Crippen LogP contribution in [0.3, 0.4) is 0 Å². The van der Waals surface area contributed by atoms with E-state index in [1.54, 1.807) is 4.90 Å². The second-order valence-corrected chi connectivity index (χ2v) is 6.65. The molecule has 1 heterocycles. The van der Waals surface area contributed by atoms with E-state index in [2.05, 4.69) is 6.92 Å². The third-order valence-electron chi connectivity index (χ3n) is 5.96. The fourth-order valence-electron chi connectivity index (χ4n) is 4.17. The smallest absolute Gasteiger partial charge is 0.236 e. The highest BCUT2D eigenvalue weighted by Gasteiger charge is 2.57. The van der Waals surface area contributed by atoms with Crippen molar-refractivity contribution in [3.63, 3.8) is 0 Å². The van der Waals surface area contributed by atoms with E-state index >= 15 is 0 Å². The number of carbonyl (C=O) groups is 2. The number of nitrogens with zero attached hydrogens (tertiary/aromatic N) is 1. The van der Waals surface area contributed by atoms with Gasteiger partial charge in [-0.25, -0.2) is 0 Å². The van der Waals surface area contributed by atoms with Gasteiger partial charge in [0.15, 0.2) is 0 Å². The van der Waals surface area contributed by atoms with Gasteiger partial charge in [-0.2, -0.15) is 0 Å². The molecule has 4 nitrogen and oxygen atoms in total. The molecular formula is C16H28N2O2. The summed E-state index contributed by atoms with van der Waals surface area (Å²) >= 11 is 0. The zero-order valence-corrected chi connectivity index (χ0v) is 13.1.